The Morgan fingerprint density at radius 3 is 1.37 bits per heavy atom. The Hall–Kier alpha value is -1.39. The maximum absolute atomic E-state index is 11.1. The van der Waals surface area contributed by atoms with E-state index in [1.165, 1.54) is 21.3 Å². The minimum absolute atomic E-state index is 0.0117. The molecule has 0 saturated carbocycles. The Balaban J connectivity index is 0. The van der Waals surface area contributed by atoms with Crippen molar-refractivity contribution in [2.45, 2.75) is 26.3 Å². The van der Waals surface area contributed by atoms with E-state index in [1.54, 1.807) is 35.2 Å². The van der Waals surface area contributed by atoms with Gasteiger partial charge >= 0.3 is 29.5 Å². The van der Waals surface area contributed by atoms with Crippen LogP contribution in [0.4, 0.5) is 0 Å². The van der Waals surface area contributed by atoms with Gasteiger partial charge in [-0.1, -0.05) is 13.2 Å². The van der Waals surface area contributed by atoms with Crippen molar-refractivity contribution in [3.05, 3.63) is 24.3 Å². The van der Waals surface area contributed by atoms with Crippen LogP contribution in [0.15, 0.2) is 24.3 Å². The minimum Gasteiger partial charge on any atom is -0.462 e. The third-order valence-electron chi connectivity index (χ3n) is 3.80. The number of hydrogen-bond donors (Lipinski definition) is 0. The van der Waals surface area contributed by atoms with Crippen molar-refractivity contribution in [1.29, 1.82) is 0 Å². The van der Waals surface area contributed by atoms with Crippen LogP contribution in [0.2, 0.25) is 6.04 Å². The van der Waals surface area contributed by atoms with Crippen LogP contribution in [-0.2, 0) is 45.6 Å². The first-order chi connectivity index (χ1) is 14.0. The number of hydrogen-bond acceptors (Lipinski definition) is 10. The van der Waals surface area contributed by atoms with Gasteiger partial charge in [-0.2, -0.15) is 0 Å². The summed E-state index contributed by atoms with van der Waals surface area (Å²) in [7, 11) is 3.68. The molecular weight excluding hydrogens is 432 g/mol. The van der Waals surface area contributed by atoms with Crippen molar-refractivity contribution in [2.24, 2.45) is 0 Å². The summed E-state index contributed by atoms with van der Waals surface area (Å²) in [6, 6.07) is 0.611. The highest BCUT2D eigenvalue weighted by molar-refractivity contribution is 6.60. The molecular formula is C18H36O10Si2. The molecule has 176 valence electrons. The Bertz CT molecular complexity index is 529. The Labute approximate surface area is 181 Å². The minimum atomic E-state index is -2.81. The highest BCUT2D eigenvalue weighted by Crippen LogP contribution is 2.15. The number of carbonyl (C=O) groups is 2. The molecule has 0 atom stereocenters. The number of rotatable bonds is 14. The van der Waals surface area contributed by atoms with Gasteiger partial charge in [-0.25, -0.2) is 9.59 Å². The van der Waals surface area contributed by atoms with Crippen LogP contribution >= 0.6 is 0 Å². The van der Waals surface area contributed by atoms with Gasteiger partial charge in [0.2, 0.25) is 0 Å². The number of esters is 2. The zero-order valence-corrected chi connectivity index (χ0v) is 21.3. The van der Waals surface area contributed by atoms with Crippen molar-refractivity contribution < 1.29 is 45.6 Å². The summed E-state index contributed by atoms with van der Waals surface area (Å²) >= 11 is 0. The summed E-state index contributed by atoms with van der Waals surface area (Å²) in [5.74, 6) is -0.854. The summed E-state index contributed by atoms with van der Waals surface area (Å²) in [6.45, 7) is 10.4. The lowest BCUT2D eigenvalue weighted by Gasteiger charge is -2.24. The summed E-state index contributed by atoms with van der Waals surface area (Å²) in [6.07, 6.45) is 0.628. The van der Waals surface area contributed by atoms with Crippen molar-refractivity contribution in [3.8, 4) is 0 Å². The van der Waals surface area contributed by atoms with Crippen molar-refractivity contribution in [2.75, 3.05) is 55.5 Å². The van der Waals surface area contributed by atoms with Gasteiger partial charge in [-0.05, 0) is 20.3 Å². The quantitative estimate of drug-likeness (QED) is 0.162. The third-order valence-corrected chi connectivity index (χ3v) is 9.00. The molecule has 0 aliphatic rings. The summed E-state index contributed by atoms with van der Waals surface area (Å²) in [4.78, 5) is 22.1. The molecule has 30 heavy (non-hydrogen) atoms. The van der Waals surface area contributed by atoms with E-state index in [0.717, 1.165) is 0 Å². The molecule has 0 fully saturated rings. The van der Waals surface area contributed by atoms with Crippen LogP contribution in [0.25, 0.3) is 0 Å². The van der Waals surface area contributed by atoms with Crippen LogP contribution < -0.4 is 0 Å². The highest BCUT2D eigenvalue weighted by atomic mass is 28.4. The molecule has 0 radical (unpaired) electrons. The Kier molecular flexibility index (Phi) is 16.8. The van der Waals surface area contributed by atoms with Crippen LogP contribution in [0.1, 0.15) is 20.3 Å². The molecule has 0 bridgehead atoms. The van der Waals surface area contributed by atoms with E-state index in [4.69, 9.17) is 36.0 Å². The van der Waals surface area contributed by atoms with Crippen LogP contribution in [0.5, 0.6) is 0 Å². The monoisotopic (exact) mass is 468 g/mol. The second kappa shape index (κ2) is 16.3. The molecule has 0 aliphatic heterocycles. The second-order valence-electron chi connectivity index (χ2n) is 5.97. The molecule has 0 unspecified atom stereocenters. The predicted octanol–water partition coefficient (Wildman–Crippen LogP) is 1.90. The average Bonchev–Trinajstić information content (AvgIpc) is 2.75. The van der Waals surface area contributed by atoms with E-state index < -0.39 is 23.6 Å². The summed E-state index contributed by atoms with van der Waals surface area (Å²) in [5, 5.41) is 0. The first-order valence-corrected chi connectivity index (χ1v) is 12.8. The first-order valence-electron chi connectivity index (χ1n) is 8.98. The highest BCUT2D eigenvalue weighted by Gasteiger charge is 2.40. The SMILES string of the molecule is C=C(C)C(=O)OCCC[Si](OC)(OC)OC.C=C(C)C(=O)OC[Si](OC)(OC)OC. The Morgan fingerprint density at radius 1 is 0.667 bits per heavy atom. The molecule has 10 nitrogen and oxygen atoms in total. The fourth-order valence-corrected chi connectivity index (χ4v) is 4.69. The average molecular weight is 469 g/mol. The standard InChI is InChI=1S/C10H20O5Si.C8H16O5Si/c1-9(2)10(11)15-7-6-8-16(12-3,13-4)14-5;1-7(2)8(9)13-6-14(10-3,11-4)12-5/h1,6-8H2,2-5H3;1,6H2,2-5H3. The summed E-state index contributed by atoms with van der Waals surface area (Å²) in [5.41, 5.74) is 0.727. The molecule has 0 spiro atoms. The molecule has 0 amide bonds. The predicted molar refractivity (Wildman–Crippen MR) is 115 cm³/mol. The van der Waals surface area contributed by atoms with E-state index in [2.05, 4.69) is 13.2 Å². The van der Waals surface area contributed by atoms with Gasteiger partial charge in [0.25, 0.3) is 0 Å². The number of carbonyl (C=O) groups excluding carboxylic acids is 2. The maximum atomic E-state index is 11.1. The lowest BCUT2D eigenvalue weighted by atomic mass is 10.4. The van der Waals surface area contributed by atoms with Gasteiger partial charge in [0.15, 0.2) is 6.23 Å². The van der Waals surface area contributed by atoms with Crippen molar-refractivity contribution in [1.82, 2.24) is 0 Å². The van der Waals surface area contributed by atoms with Gasteiger partial charge < -0.3 is 36.0 Å². The second-order valence-corrected chi connectivity index (χ2v) is 11.9. The van der Waals surface area contributed by atoms with Gasteiger partial charge in [-0.3, -0.25) is 0 Å². The van der Waals surface area contributed by atoms with E-state index in [9.17, 15) is 9.59 Å². The molecule has 0 aromatic carbocycles. The first kappa shape index (κ1) is 30.8. The van der Waals surface area contributed by atoms with Crippen molar-refractivity contribution in [3.63, 3.8) is 0 Å². The summed E-state index contributed by atoms with van der Waals surface area (Å²) < 4.78 is 40.7. The lowest BCUT2D eigenvalue weighted by Crippen LogP contribution is -2.48. The molecule has 0 aliphatic carbocycles. The third kappa shape index (κ3) is 11.7. The van der Waals surface area contributed by atoms with Gasteiger partial charge in [0.1, 0.15) is 0 Å². The normalized spacial score (nSPS) is 11.2. The van der Waals surface area contributed by atoms with Crippen LogP contribution in [0, 0.1) is 0 Å². The van der Waals surface area contributed by atoms with Crippen LogP contribution in [0.3, 0.4) is 0 Å². The molecule has 0 N–H and O–H groups in total. The fraction of sp³-hybridized carbons (Fsp3) is 0.667. The molecule has 12 heteroatoms. The van der Waals surface area contributed by atoms with Gasteiger partial charge in [-0.15, -0.1) is 0 Å². The van der Waals surface area contributed by atoms with Gasteiger partial charge in [0, 0.05) is 59.8 Å². The largest absolute Gasteiger partial charge is 0.539 e. The van der Waals surface area contributed by atoms with Crippen LogP contribution in [-0.4, -0.2) is 85.0 Å². The maximum Gasteiger partial charge on any atom is 0.539 e. The van der Waals surface area contributed by atoms with E-state index in [1.807, 2.05) is 0 Å². The zero-order valence-electron chi connectivity index (χ0n) is 19.3. The molecule has 0 saturated heterocycles. The van der Waals surface area contributed by atoms with Crippen molar-refractivity contribution >= 4 is 29.5 Å². The van der Waals surface area contributed by atoms with E-state index in [-0.39, 0.29) is 12.2 Å². The number of ether oxygens (including phenoxy) is 2. The lowest BCUT2D eigenvalue weighted by molar-refractivity contribution is -0.139. The van der Waals surface area contributed by atoms with E-state index >= 15 is 0 Å². The van der Waals surface area contributed by atoms with Gasteiger partial charge in [0.05, 0.1) is 6.61 Å². The molecule has 0 rings (SSSR count). The smallest absolute Gasteiger partial charge is 0.462 e. The van der Waals surface area contributed by atoms with E-state index in [0.29, 0.717) is 30.2 Å². The molecule has 0 aromatic rings. The Morgan fingerprint density at radius 2 is 1.03 bits per heavy atom. The fourth-order valence-electron chi connectivity index (χ4n) is 1.84. The topological polar surface area (TPSA) is 108 Å². The molecule has 0 heterocycles. The zero-order chi connectivity index (χ0) is 23.8. The molecule has 0 aromatic heterocycles.